The zero-order valence-corrected chi connectivity index (χ0v) is 18.4. The second kappa shape index (κ2) is 11.3. The van der Waals surface area contributed by atoms with Crippen LogP contribution in [0.4, 0.5) is 0 Å². The molecule has 2 bridgehead atoms. The molecule has 0 amide bonds. The van der Waals surface area contributed by atoms with Crippen LogP contribution in [0.25, 0.3) is 0 Å². The first kappa shape index (κ1) is 20.9. The van der Waals surface area contributed by atoms with Gasteiger partial charge in [-0.15, -0.1) is 0 Å². The van der Waals surface area contributed by atoms with Gasteiger partial charge >= 0.3 is 11.9 Å². The summed E-state index contributed by atoms with van der Waals surface area (Å²) in [6.45, 7) is 1.01. The van der Waals surface area contributed by atoms with Crippen LogP contribution in [0, 0.1) is 11.8 Å². The fourth-order valence-electron chi connectivity index (χ4n) is 3.02. The zero-order chi connectivity index (χ0) is 17.4. The molecular weight excluding hydrogens is 480 g/mol. The summed E-state index contributed by atoms with van der Waals surface area (Å²) in [6, 6.07) is 0. The van der Waals surface area contributed by atoms with Crippen LogP contribution in [-0.2, 0) is 19.1 Å². The maximum absolute atomic E-state index is 11.7. The van der Waals surface area contributed by atoms with Gasteiger partial charge in [-0.1, -0.05) is 53.4 Å². The van der Waals surface area contributed by atoms with E-state index in [-0.39, 0.29) is 11.9 Å². The average molecular weight is 504 g/mol. The molecule has 2 heterocycles. The molecule has 138 valence electrons. The number of hydrogen-bond donors (Lipinski definition) is 0. The highest BCUT2D eigenvalue weighted by Gasteiger charge is 2.34. The van der Waals surface area contributed by atoms with Crippen LogP contribution in [0.1, 0.15) is 38.5 Å². The minimum Gasteiger partial charge on any atom is -0.466 e. The zero-order valence-electron chi connectivity index (χ0n) is 13.6. The van der Waals surface area contributed by atoms with Gasteiger partial charge in [-0.25, -0.2) is 0 Å². The molecule has 3 aliphatic rings. The molecule has 4 atom stereocenters. The lowest BCUT2D eigenvalue weighted by atomic mass is 9.79. The molecule has 0 aromatic carbocycles. The Morgan fingerprint density at radius 3 is 1.62 bits per heavy atom. The van der Waals surface area contributed by atoms with Crippen molar-refractivity contribution in [3.05, 3.63) is 0 Å². The van der Waals surface area contributed by atoms with Gasteiger partial charge in [0.25, 0.3) is 0 Å². The van der Waals surface area contributed by atoms with Gasteiger partial charge in [-0.05, 0) is 37.5 Å². The van der Waals surface area contributed by atoms with Crippen molar-refractivity contribution in [2.24, 2.45) is 11.8 Å². The molecule has 2 saturated heterocycles. The quantitative estimate of drug-likeness (QED) is 0.274. The van der Waals surface area contributed by atoms with E-state index >= 15 is 0 Å². The smallest absolute Gasteiger partial charge is 0.306 e. The van der Waals surface area contributed by atoms with Crippen LogP contribution in [0.3, 0.4) is 0 Å². The number of halogens is 2. The maximum Gasteiger partial charge on any atom is 0.306 e. The van der Waals surface area contributed by atoms with Crippen molar-refractivity contribution in [1.29, 1.82) is 0 Å². The topological polar surface area (TPSA) is 52.6 Å². The lowest BCUT2D eigenvalue weighted by molar-refractivity contribution is -0.144. The van der Waals surface area contributed by atoms with E-state index in [2.05, 4.69) is 31.9 Å². The minimum atomic E-state index is -0.126. The number of hydrogen-bond acceptors (Lipinski definition) is 6. The minimum absolute atomic E-state index is 0.126. The highest BCUT2D eigenvalue weighted by atomic mass is 79.9. The molecule has 0 aromatic rings. The van der Waals surface area contributed by atoms with Gasteiger partial charge in [-0.2, -0.15) is 0 Å². The summed E-state index contributed by atoms with van der Waals surface area (Å²) in [7, 11) is 3.22. The summed E-state index contributed by atoms with van der Waals surface area (Å²) in [5, 5.41) is 0. The molecule has 0 radical (unpaired) electrons. The van der Waals surface area contributed by atoms with Crippen molar-refractivity contribution in [3.63, 3.8) is 0 Å². The molecule has 0 spiro atoms. The average Bonchev–Trinajstić information content (AvgIpc) is 2.54. The predicted octanol–water partition coefficient (Wildman–Crippen LogP) is 4.58. The summed E-state index contributed by atoms with van der Waals surface area (Å²) in [4.78, 5) is 24.3. The van der Waals surface area contributed by atoms with Crippen molar-refractivity contribution in [3.8, 4) is 0 Å². The van der Waals surface area contributed by atoms with Gasteiger partial charge in [-0.3, -0.25) is 9.59 Å². The Labute approximate surface area is 168 Å². The molecule has 1 aliphatic carbocycles. The largest absolute Gasteiger partial charge is 0.466 e. The van der Waals surface area contributed by atoms with Crippen molar-refractivity contribution >= 4 is 65.4 Å². The standard InChI is InChI=1S/C16H24Br2O4S2/c17-13-10-12-2-6-22-16(20)4-8-24-23-7-3-15(19)21-5-1-11(13)9-14(12)18/h11-14H,1-10H2/t11-,12?,13?,14+/m0/s1. The summed E-state index contributed by atoms with van der Waals surface area (Å²) in [5.74, 6) is 2.19. The third kappa shape index (κ3) is 7.46. The Kier molecular flexibility index (Phi) is 9.88. The number of ether oxygens (including phenoxy) is 2. The van der Waals surface area contributed by atoms with Gasteiger partial charge in [0.1, 0.15) is 0 Å². The third-order valence-electron chi connectivity index (χ3n) is 4.44. The van der Waals surface area contributed by atoms with Gasteiger partial charge in [0.15, 0.2) is 0 Å². The Morgan fingerprint density at radius 1 is 0.792 bits per heavy atom. The van der Waals surface area contributed by atoms with Crippen LogP contribution in [-0.4, -0.2) is 46.3 Å². The van der Waals surface area contributed by atoms with Gasteiger partial charge < -0.3 is 9.47 Å². The van der Waals surface area contributed by atoms with E-state index in [1.807, 2.05) is 0 Å². The molecule has 24 heavy (non-hydrogen) atoms. The molecule has 3 rings (SSSR count). The fraction of sp³-hybridized carbons (Fsp3) is 0.875. The number of carbonyl (C=O) groups is 2. The molecule has 2 unspecified atom stereocenters. The Morgan fingerprint density at radius 2 is 1.21 bits per heavy atom. The first-order valence-corrected chi connectivity index (χ1v) is 12.7. The van der Waals surface area contributed by atoms with E-state index in [1.165, 1.54) is 0 Å². The van der Waals surface area contributed by atoms with E-state index in [9.17, 15) is 9.59 Å². The van der Waals surface area contributed by atoms with Crippen molar-refractivity contribution < 1.29 is 19.1 Å². The summed E-state index contributed by atoms with van der Waals surface area (Å²) >= 11 is 7.60. The molecule has 0 aromatic heterocycles. The van der Waals surface area contributed by atoms with Crippen molar-refractivity contribution in [2.75, 3.05) is 24.7 Å². The second-order valence-corrected chi connectivity index (χ2v) is 11.2. The SMILES string of the molecule is O=C1CCSSCCC(=O)OCC[C@H]2C[C@@H](Br)C(CCO1)CC2Br. The number of rotatable bonds is 0. The van der Waals surface area contributed by atoms with Gasteiger partial charge in [0.05, 0.1) is 26.1 Å². The third-order valence-corrected chi connectivity index (χ3v) is 9.10. The first-order valence-electron chi connectivity index (χ1n) is 8.40. The second-order valence-electron chi connectivity index (χ2n) is 6.19. The highest BCUT2D eigenvalue weighted by molar-refractivity contribution is 9.10. The molecule has 4 nitrogen and oxygen atoms in total. The summed E-state index contributed by atoms with van der Waals surface area (Å²) < 4.78 is 10.7. The van der Waals surface area contributed by atoms with Crippen molar-refractivity contribution in [1.82, 2.24) is 0 Å². The van der Waals surface area contributed by atoms with Crippen LogP contribution < -0.4 is 0 Å². The maximum atomic E-state index is 11.7. The molecule has 1 saturated carbocycles. The Balaban J connectivity index is 1.88. The first-order chi connectivity index (χ1) is 11.6. The molecule has 8 heteroatoms. The van der Waals surface area contributed by atoms with Crippen LogP contribution in [0.2, 0.25) is 0 Å². The number of esters is 2. The monoisotopic (exact) mass is 502 g/mol. The summed E-state index contributed by atoms with van der Waals surface area (Å²) in [6.07, 6.45) is 4.75. The van der Waals surface area contributed by atoms with Gasteiger partial charge in [0, 0.05) is 21.2 Å². The Bertz CT molecular complexity index is 387. The predicted molar refractivity (Wildman–Crippen MR) is 107 cm³/mol. The number of alkyl halides is 2. The van der Waals surface area contributed by atoms with Crippen LogP contribution in [0.15, 0.2) is 0 Å². The van der Waals surface area contributed by atoms with Crippen molar-refractivity contribution in [2.45, 2.75) is 48.2 Å². The highest BCUT2D eigenvalue weighted by Crippen LogP contribution is 2.40. The number of fused-ring (bicyclic) bond motifs is 15. The molecule has 2 aliphatic heterocycles. The van der Waals surface area contributed by atoms with E-state index in [0.717, 1.165) is 25.7 Å². The van der Waals surface area contributed by atoms with Crippen LogP contribution in [0.5, 0.6) is 0 Å². The normalized spacial score (nSPS) is 34.8. The number of carbonyl (C=O) groups excluding carboxylic acids is 2. The van der Waals surface area contributed by atoms with E-state index in [0.29, 0.717) is 59.1 Å². The van der Waals surface area contributed by atoms with Crippen LogP contribution >= 0.6 is 53.4 Å². The lowest BCUT2D eigenvalue weighted by Crippen LogP contribution is -2.34. The van der Waals surface area contributed by atoms with E-state index in [1.54, 1.807) is 21.6 Å². The van der Waals surface area contributed by atoms with Gasteiger partial charge in [0.2, 0.25) is 0 Å². The van der Waals surface area contributed by atoms with E-state index < -0.39 is 0 Å². The molecule has 0 N–H and O–H groups in total. The molecule has 3 fully saturated rings. The van der Waals surface area contributed by atoms with E-state index in [4.69, 9.17) is 9.47 Å². The fourth-order valence-corrected chi connectivity index (χ4v) is 6.88. The Hall–Kier alpha value is 0.600. The summed E-state index contributed by atoms with van der Waals surface area (Å²) in [5.41, 5.74) is 0. The lowest BCUT2D eigenvalue weighted by Gasteiger charge is -2.36. The molecular formula is C16H24Br2O4S2.